The van der Waals surface area contributed by atoms with Crippen LogP contribution in [0.5, 0.6) is 0 Å². The van der Waals surface area contributed by atoms with Crippen molar-refractivity contribution in [3.63, 3.8) is 0 Å². The monoisotopic (exact) mass is 477 g/mol. The van der Waals surface area contributed by atoms with Crippen LogP contribution < -0.4 is 0 Å². The smallest absolute Gasteiger partial charge is 0.313 e. The minimum atomic E-state index is -0.307. The van der Waals surface area contributed by atoms with Gasteiger partial charge < -0.3 is 9.30 Å². The van der Waals surface area contributed by atoms with Gasteiger partial charge in [0.2, 0.25) is 0 Å². The van der Waals surface area contributed by atoms with E-state index < -0.39 is 0 Å². The molecule has 3 aromatic rings. The van der Waals surface area contributed by atoms with Gasteiger partial charge in [-0.05, 0) is 62.2 Å². The Morgan fingerprint density at radius 2 is 1.77 bits per heavy atom. The van der Waals surface area contributed by atoms with Crippen LogP contribution in [0.3, 0.4) is 0 Å². The highest BCUT2D eigenvalue weighted by atomic mass is 79.9. The SMILES string of the molecule is CCOC(=O)C(C)c1c(C)n(Cc2ccc(Br)cc2)c2ccc(Br)cc12. The van der Waals surface area contributed by atoms with Crippen molar-refractivity contribution >= 4 is 48.7 Å². The largest absolute Gasteiger partial charge is 0.466 e. The first-order valence-corrected chi connectivity index (χ1v) is 10.2. The Kier molecular flexibility index (Phi) is 5.88. The van der Waals surface area contributed by atoms with E-state index in [1.807, 2.05) is 19.9 Å². The fourth-order valence-electron chi connectivity index (χ4n) is 3.39. The van der Waals surface area contributed by atoms with Crippen molar-refractivity contribution < 1.29 is 9.53 Å². The summed E-state index contributed by atoms with van der Waals surface area (Å²) >= 11 is 7.04. The first kappa shape index (κ1) is 19.2. The van der Waals surface area contributed by atoms with Crippen molar-refractivity contribution in [3.05, 3.63) is 68.2 Å². The normalized spacial score (nSPS) is 12.3. The maximum atomic E-state index is 12.4. The van der Waals surface area contributed by atoms with E-state index in [9.17, 15) is 4.79 Å². The lowest BCUT2D eigenvalue weighted by Crippen LogP contribution is -2.14. The summed E-state index contributed by atoms with van der Waals surface area (Å²) in [4.78, 5) is 12.4. The van der Waals surface area contributed by atoms with E-state index in [4.69, 9.17) is 4.74 Å². The summed E-state index contributed by atoms with van der Waals surface area (Å²) in [6.45, 7) is 6.99. The Morgan fingerprint density at radius 3 is 2.42 bits per heavy atom. The van der Waals surface area contributed by atoms with Crippen molar-refractivity contribution in [2.45, 2.75) is 33.2 Å². The van der Waals surface area contributed by atoms with E-state index in [1.165, 1.54) is 5.56 Å². The zero-order chi connectivity index (χ0) is 18.8. The summed E-state index contributed by atoms with van der Waals surface area (Å²) in [5.41, 5.74) is 4.48. The van der Waals surface area contributed by atoms with Crippen LogP contribution in [0, 0.1) is 6.92 Å². The molecule has 136 valence electrons. The van der Waals surface area contributed by atoms with Crippen LogP contribution in [-0.2, 0) is 16.1 Å². The second-order valence-corrected chi connectivity index (χ2v) is 8.18. The van der Waals surface area contributed by atoms with Crippen LogP contribution >= 0.6 is 31.9 Å². The lowest BCUT2D eigenvalue weighted by Gasteiger charge is -2.13. The van der Waals surface area contributed by atoms with Crippen molar-refractivity contribution in [2.24, 2.45) is 0 Å². The van der Waals surface area contributed by atoms with Crippen LogP contribution in [0.4, 0.5) is 0 Å². The third kappa shape index (κ3) is 3.74. The van der Waals surface area contributed by atoms with Gasteiger partial charge in [0, 0.05) is 32.1 Å². The number of rotatable bonds is 5. The molecule has 0 bridgehead atoms. The number of hydrogen-bond acceptors (Lipinski definition) is 2. The lowest BCUT2D eigenvalue weighted by molar-refractivity contribution is -0.144. The third-order valence-electron chi connectivity index (χ3n) is 4.66. The fraction of sp³-hybridized carbons (Fsp3) is 0.286. The van der Waals surface area contributed by atoms with E-state index in [1.54, 1.807) is 0 Å². The highest BCUT2D eigenvalue weighted by Crippen LogP contribution is 2.34. The topological polar surface area (TPSA) is 31.2 Å². The maximum Gasteiger partial charge on any atom is 0.313 e. The first-order chi connectivity index (χ1) is 12.4. The molecule has 0 spiro atoms. The van der Waals surface area contributed by atoms with Crippen LogP contribution in [0.15, 0.2) is 51.4 Å². The van der Waals surface area contributed by atoms with Gasteiger partial charge in [-0.3, -0.25) is 4.79 Å². The number of aromatic nitrogens is 1. The summed E-state index contributed by atoms with van der Waals surface area (Å²) < 4.78 is 9.61. The van der Waals surface area contributed by atoms with Crippen LogP contribution in [-0.4, -0.2) is 17.1 Å². The molecule has 1 heterocycles. The van der Waals surface area contributed by atoms with E-state index >= 15 is 0 Å². The fourth-order valence-corrected chi connectivity index (χ4v) is 4.01. The second-order valence-electron chi connectivity index (χ2n) is 6.35. The summed E-state index contributed by atoms with van der Waals surface area (Å²) in [6, 6.07) is 14.6. The van der Waals surface area contributed by atoms with E-state index in [-0.39, 0.29) is 11.9 Å². The van der Waals surface area contributed by atoms with Gasteiger partial charge in [0.25, 0.3) is 0 Å². The number of carbonyl (C=O) groups excluding carboxylic acids is 1. The number of nitrogens with zero attached hydrogens (tertiary/aromatic N) is 1. The number of hydrogen-bond donors (Lipinski definition) is 0. The van der Waals surface area contributed by atoms with Gasteiger partial charge >= 0.3 is 5.97 Å². The summed E-state index contributed by atoms with van der Waals surface area (Å²) in [5, 5.41) is 1.09. The molecule has 26 heavy (non-hydrogen) atoms. The molecule has 0 N–H and O–H groups in total. The number of ether oxygens (including phenoxy) is 1. The molecule has 5 heteroatoms. The molecule has 3 rings (SSSR count). The Bertz CT molecular complexity index is 945. The van der Waals surface area contributed by atoms with Crippen LogP contribution in [0.25, 0.3) is 10.9 Å². The molecule has 0 radical (unpaired) electrons. The number of esters is 1. The van der Waals surface area contributed by atoms with Crippen molar-refractivity contribution in [1.82, 2.24) is 4.57 Å². The van der Waals surface area contributed by atoms with Crippen molar-refractivity contribution in [2.75, 3.05) is 6.61 Å². The molecule has 0 aliphatic heterocycles. The molecule has 0 saturated carbocycles. The van der Waals surface area contributed by atoms with Gasteiger partial charge in [0.05, 0.1) is 12.5 Å². The molecule has 0 amide bonds. The molecular weight excluding hydrogens is 458 g/mol. The highest BCUT2D eigenvalue weighted by Gasteiger charge is 2.25. The van der Waals surface area contributed by atoms with Gasteiger partial charge in [-0.25, -0.2) is 0 Å². The standard InChI is InChI=1S/C21H21Br2NO2/c1-4-26-21(25)13(2)20-14(3)24(12-15-5-7-16(22)8-6-15)19-10-9-17(23)11-18(19)20/h5-11,13H,4,12H2,1-3H3. The minimum Gasteiger partial charge on any atom is -0.466 e. The van der Waals surface area contributed by atoms with Gasteiger partial charge in [0.15, 0.2) is 0 Å². The summed E-state index contributed by atoms with van der Waals surface area (Å²) in [6.07, 6.45) is 0. The van der Waals surface area contributed by atoms with Crippen LogP contribution in [0.2, 0.25) is 0 Å². The molecule has 3 nitrogen and oxygen atoms in total. The molecule has 1 aromatic heterocycles. The van der Waals surface area contributed by atoms with Crippen molar-refractivity contribution in [3.8, 4) is 0 Å². The quantitative estimate of drug-likeness (QED) is 0.409. The highest BCUT2D eigenvalue weighted by molar-refractivity contribution is 9.10. The lowest BCUT2D eigenvalue weighted by atomic mass is 9.98. The van der Waals surface area contributed by atoms with Gasteiger partial charge in [-0.2, -0.15) is 0 Å². The number of benzene rings is 2. The molecule has 0 aliphatic rings. The zero-order valence-electron chi connectivity index (χ0n) is 15.1. The number of fused-ring (bicyclic) bond motifs is 1. The average molecular weight is 479 g/mol. The minimum absolute atomic E-state index is 0.182. The predicted octanol–water partition coefficient (Wildman–Crippen LogP) is 6.19. The van der Waals surface area contributed by atoms with Crippen molar-refractivity contribution in [1.29, 1.82) is 0 Å². The maximum absolute atomic E-state index is 12.4. The molecule has 0 fully saturated rings. The molecular formula is C21H21Br2NO2. The van der Waals surface area contributed by atoms with Crippen LogP contribution in [0.1, 0.15) is 36.6 Å². The van der Waals surface area contributed by atoms with E-state index in [0.29, 0.717) is 6.61 Å². The zero-order valence-corrected chi connectivity index (χ0v) is 18.2. The predicted molar refractivity (Wildman–Crippen MR) is 113 cm³/mol. The third-order valence-corrected chi connectivity index (χ3v) is 5.68. The van der Waals surface area contributed by atoms with Gasteiger partial charge in [0.1, 0.15) is 0 Å². The molecule has 1 unspecified atom stereocenters. The molecule has 0 saturated heterocycles. The first-order valence-electron chi connectivity index (χ1n) is 8.61. The number of halogens is 2. The molecule has 2 aromatic carbocycles. The van der Waals surface area contributed by atoms with E-state index in [0.717, 1.165) is 37.7 Å². The molecule has 1 atom stereocenters. The Balaban J connectivity index is 2.13. The Morgan fingerprint density at radius 1 is 1.12 bits per heavy atom. The molecule has 0 aliphatic carbocycles. The summed E-state index contributed by atoms with van der Waals surface area (Å²) in [7, 11) is 0. The number of carbonyl (C=O) groups is 1. The second kappa shape index (κ2) is 7.97. The van der Waals surface area contributed by atoms with Gasteiger partial charge in [-0.1, -0.05) is 44.0 Å². The van der Waals surface area contributed by atoms with Gasteiger partial charge in [-0.15, -0.1) is 0 Å². The summed E-state index contributed by atoms with van der Waals surface area (Å²) in [5.74, 6) is -0.490. The van der Waals surface area contributed by atoms with E-state index in [2.05, 4.69) is 79.7 Å². The Hall–Kier alpha value is -1.59. The Labute approximate surface area is 170 Å². The average Bonchev–Trinajstić information content (AvgIpc) is 2.87.